The average Bonchev–Trinajstić information content (AvgIpc) is 2.87. The quantitative estimate of drug-likeness (QED) is 0.0866. The van der Waals surface area contributed by atoms with E-state index in [0.29, 0.717) is 5.41 Å². The van der Waals surface area contributed by atoms with Crippen molar-refractivity contribution in [3.05, 3.63) is 0 Å². The molecule has 0 saturated heterocycles. The molecule has 0 aromatic carbocycles. The van der Waals surface area contributed by atoms with Gasteiger partial charge in [-0.25, -0.2) is 0 Å². The van der Waals surface area contributed by atoms with Gasteiger partial charge in [0.2, 0.25) is 0 Å². The van der Waals surface area contributed by atoms with Crippen LogP contribution >= 0.6 is 0 Å². The largest absolute Gasteiger partial charge is 0.360 e. The zero-order valence-electron chi connectivity index (χ0n) is 24.4. The van der Waals surface area contributed by atoms with Crippen LogP contribution in [0.1, 0.15) is 84.0 Å². The summed E-state index contributed by atoms with van der Waals surface area (Å²) in [5.74, 6) is 0.285. The summed E-state index contributed by atoms with van der Waals surface area (Å²) in [5, 5.41) is 0. The van der Waals surface area contributed by atoms with Gasteiger partial charge in [-0.15, -0.1) is 0 Å². The molecule has 0 aromatic rings. The molecule has 0 unspecified atom stereocenters. The zero-order valence-corrected chi connectivity index (χ0v) is 28.7. The molecule has 0 aliphatic carbocycles. The van der Waals surface area contributed by atoms with Gasteiger partial charge in [-0.3, -0.25) is 0 Å². The van der Waals surface area contributed by atoms with Crippen LogP contribution in [0.3, 0.4) is 0 Å². The monoisotopic (exact) mass is 552 g/mol. The third-order valence-corrected chi connectivity index (χ3v) is 13.6. The lowest BCUT2D eigenvalue weighted by molar-refractivity contribution is -0.0442. The Morgan fingerprint density at radius 1 is 0.429 bits per heavy atom. The molecule has 9 heteroatoms. The fourth-order valence-corrected chi connectivity index (χ4v) is 9.36. The summed E-state index contributed by atoms with van der Waals surface area (Å²) in [7, 11) is 9.75. The second-order valence-corrected chi connectivity index (χ2v) is 16.2. The summed E-state index contributed by atoms with van der Waals surface area (Å²) in [6.07, 6.45) is 16.3. The van der Waals surface area contributed by atoms with Gasteiger partial charge in [-0.2, -0.15) is 0 Å². The number of unbranched alkanes of at least 4 members (excludes halogenated alkanes) is 6. The summed E-state index contributed by atoms with van der Waals surface area (Å²) < 4.78 is 32.2. The van der Waals surface area contributed by atoms with Crippen molar-refractivity contribution >= 4 is 28.6 Å². The molecule has 0 amide bonds. The average molecular weight is 553 g/mol. The van der Waals surface area contributed by atoms with Gasteiger partial charge in [-0.1, -0.05) is 82.8 Å². The van der Waals surface area contributed by atoms with E-state index in [1.807, 2.05) is 0 Å². The highest BCUT2D eigenvalue weighted by molar-refractivity contribution is 6.37. The Labute approximate surface area is 224 Å². The molecule has 0 aliphatic rings. The van der Waals surface area contributed by atoms with E-state index in [4.69, 9.17) is 28.4 Å². The number of ether oxygens (including phenoxy) is 6. The first-order chi connectivity index (χ1) is 17.0. The Morgan fingerprint density at radius 3 is 0.914 bits per heavy atom. The fraction of sp³-hybridized carbons (Fsp3) is 1.00. The van der Waals surface area contributed by atoms with Crippen molar-refractivity contribution in [3.63, 3.8) is 0 Å². The lowest BCUT2D eigenvalue weighted by Crippen LogP contribution is -2.21. The Morgan fingerprint density at radius 2 is 0.686 bits per heavy atom. The molecule has 35 heavy (non-hydrogen) atoms. The van der Waals surface area contributed by atoms with E-state index in [9.17, 15) is 0 Å². The van der Waals surface area contributed by atoms with Gasteiger partial charge >= 0.3 is 0 Å². The molecule has 0 rings (SSSR count). The van der Waals surface area contributed by atoms with Crippen molar-refractivity contribution in [2.75, 3.05) is 42.7 Å². The van der Waals surface area contributed by atoms with E-state index < -0.39 is 0 Å². The molecule has 0 spiro atoms. The van der Waals surface area contributed by atoms with Crippen molar-refractivity contribution in [3.8, 4) is 0 Å². The topological polar surface area (TPSA) is 55.4 Å². The molecule has 6 nitrogen and oxygen atoms in total. The SMILES string of the molecule is COC(OC)[SiH2]CCCCCC(C)(CCCCC[SiH2]C(OC)OC)CCCCC[SiH2]C(OC)OC. The predicted molar refractivity (Wildman–Crippen MR) is 157 cm³/mol. The highest BCUT2D eigenvalue weighted by Crippen LogP contribution is 2.36. The van der Waals surface area contributed by atoms with Crippen molar-refractivity contribution in [2.45, 2.75) is 120 Å². The summed E-state index contributed by atoms with van der Waals surface area (Å²) in [5.41, 5.74) is 0.497. The standard InChI is InChI=1S/C26H60O6Si3/c1-26(17-11-8-14-20-33-23(27-2)28-3,18-12-9-15-21-34-24(29-4)30-5)19-13-10-16-22-35-25(31-6)32-7/h23-25H,8-22,33-35H2,1-7H3. The zero-order chi connectivity index (χ0) is 26.2. The van der Waals surface area contributed by atoms with Crippen molar-refractivity contribution in [1.29, 1.82) is 0 Å². The van der Waals surface area contributed by atoms with Gasteiger partial charge in [0.25, 0.3) is 0 Å². The molecular formula is C26H60O6Si3. The summed E-state index contributed by atoms with van der Waals surface area (Å²) >= 11 is 0. The number of methoxy groups -OCH3 is 6. The van der Waals surface area contributed by atoms with Gasteiger partial charge in [0, 0.05) is 42.7 Å². The molecule has 0 atom stereocenters. The van der Waals surface area contributed by atoms with Gasteiger partial charge in [-0.05, 0) is 24.7 Å². The van der Waals surface area contributed by atoms with E-state index in [0.717, 1.165) is 0 Å². The molecule has 0 bridgehead atoms. The van der Waals surface area contributed by atoms with Crippen molar-refractivity contribution in [1.82, 2.24) is 0 Å². The van der Waals surface area contributed by atoms with Gasteiger partial charge in [0.1, 0.15) is 17.7 Å². The molecule has 0 aliphatic heterocycles. The van der Waals surface area contributed by atoms with Gasteiger partial charge < -0.3 is 28.4 Å². The second-order valence-electron chi connectivity index (χ2n) is 10.4. The summed E-state index contributed by atoms with van der Waals surface area (Å²) in [6, 6.07) is 3.97. The van der Waals surface area contributed by atoms with Crippen LogP contribution in [0.25, 0.3) is 0 Å². The smallest absolute Gasteiger partial charge is 0.134 e. The Hall–Kier alpha value is 0.411. The number of hydrogen-bond donors (Lipinski definition) is 0. The van der Waals surface area contributed by atoms with E-state index in [-0.39, 0.29) is 46.3 Å². The lowest BCUT2D eigenvalue weighted by Gasteiger charge is -2.30. The molecule has 0 heterocycles. The molecule has 0 saturated carbocycles. The first-order valence-corrected chi connectivity index (χ1v) is 19.6. The van der Waals surface area contributed by atoms with E-state index in [1.54, 1.807) is 42.7 Å². The first kappa shape index (κ1) is 35.4. The highest BCUT2D eigenvalue weighted by Gasteiger charge is 2.23. The molecule has 0 fully saturated rings. The van der Waals surface area contributed by atoms with E-state index in [2.05, 4.69) is 6.92 Å². The third-order valence-electron chi connectivity index (χ3n) is 7.49. The summed E-state index contributed by atoms with van der Waals surface area (Å²) in [4.78, 5) is 0. The molecular weight excluding hydrogens is 493 g/mol. The minimum absolute atomic E-state index is 0.0949. The van der Waals surface area contributed by atoms with Crippen LogP contribution in [0.4, 0.5) is 0 Å². The van der Waals surface area contributed by atoms with Crippen LogP contribution in [-0.4, -0.2) is 89.0 Å². The van der Waals surface area contributed by atoms with Crippen LogP contribution < -0.4 is 0 Å². The minimum Gasteiger partial charge on any atom is -0.360 e. The van der Waals surface area contributed by atoms with Crippen LogP contribution in [-0.2, 0) is 28.4 Å². The normalized spacial score (nSPS) is 14.9. The fourth-order valence-electron chi connectivity index (χ4n) is 5.02. The maximum absolute atomic E-state index is 5.37. The van der Waals surface area contributed by atoms with Crippen molar-refractivity contribution < 1.29 is 28.4 Å². The number of rotatable bonds is 27. The highest BCUT2D eigenvalue weighted by atomic mass is 28.2. The molecule has 212 valence electrons. The lowest BCUT2D eigenvalue weighted by atomic mass is 9.76. The Balaban J connectivity index is 4.31. The minimum atomic E-state index is -0.273. The predicted octanol–water partition coefficient (Wildman–Crippen LogP) is 4.16. The molecule has 0 N–H and O–H groups in total. The van der Waals surface area contributed by atoms with Crippen LogP contribution in [0.5, 0.6) is 0 Å². The van der Waals surface area contributed by atoms with Crippen LogP contribution in [0.2, 0.25) is 18.1 Å². The van der Waals surface area contributed by atoms with Gasteiger partial charge in [0.05, 0.1) is 28.6 Å². The van der Waals surface area contributed by atoms with Crippen LogP contribution in [0.15, 0.2) is 0 Å². The second kappa shape index (κ2) is 24.7. The van der Waals surface area contributed by atoms with E-state index >= 15 is 0 Å². The number of hydrogen-bond acceptors (Lipinski definition) is 6. The molecule has 0 radical (unpaired) electrons. The van der Waals surface area contributed by atoms with Gasteiger partial charge in [0.15, 0.2) is 0 Å². The maximum Gasteiger partial charge on any atom is 0.134 e. The summed E-state index contributed by atoms with van der Waals surface area (Å²) in [6.45, 7) is 2.56. The van der Waals surface area contributed by atoms with E-state index in [1.165, 1.54) is 95.2 Å². The Bertz CT molecular complexity index is 375. The molecule has 0 aromatic heterocycles. The van der Waals surface area contributed by atoms with Crippen LogP contribution in [0, 0.1) is 5.41 Å². The van der Waals surface area contributed by atoms with Crippen molar-refractivity contribution in [2.24, 2.45) is 5.41 Å². The Kier molecular flexibility index (Phi) is 25.0. The maximum atomic E-state index is 5.37. The first-order valence-electron chi connectivity index (χ1n) is 14.1. The third kappa shape index (κ3) is 20.1.